The van der Waals surface area contributed by atoms with E-state index in [1.165, 1.54) is 35.4 Å². The van der Waals surface area contributed by atoms with Crippen LogP contribution in [0.25, 0.3) is 0 Å². The number of hydrogen-bond acceptors (Lipinski definition) is 6. The lowest BCUT2D eigenvalue weighted by atomic mass is 10.1. The number of benzene rings is 2. The van der Waals surface area contributed by atoms with E-state index in [4.69, 9.17) is 9.47 Å². The van der Waals surface area contributed by atoms with Gasteiger partial charge in [-0.05, 0) is 49.4 Å². The number of sulfonamides is 1. The third-order valence-electron chi connectivity index (χ3n) is 4.96. The molecule has 166 valence electrons. The number of Topliss-reactive ketones (excluding diaryl/α,β-unsaturated/α-hetero) is 1. The van der Waals surface area contributed by atoms with Gasteiger partial charge in [-0.3, -0.25) is 9.59 Å². The Labute approximate surface area is 180 Å². The maximum absolute atomic E-state index is 13.1. The zero-order chi connectivity index (χ0) is 22.6. The number of ketones is 1. The first kappa shape index (κ1) is 22.7. The molecule has 0 aromatic heterocycles. The van der Waals surface area contributed by atoms with Crippen LogP contribution in [-0.2, 0) is 14.8 Å². The van der Waals surface area contributed by atoms with Crippen LogP contribution in [-0.4, -0.2) is 69.2 Å². The molecule has 3 rings (SSSR count). The van der Waals surface area contributed by atoms with E-state index in [0.717, 1.165) is 12.1 Å². The first-order valence-electron chi connectivity index (χ1n) is 9.57. The lowest BCUT2D eigenvalue weighted by Gasteiger charge is -2.34. The van der Waals surface area contributed by atoms with Crippen LogP contribution >= 0.6 is 0 Å². The summed E-state index contributed by atoms with van der Waals surface area (Å²) in [6, 6.07) is 9.34. The molecule has 0 bridgehead atoms. The standard InChI is InChI=1S/C21H23FN2O6S/c1-15(25)16-3-8-19(20(13-16)29-2)30-14-21(26)23-9-11-24(12-10-23)31(27,28)18-6-4-17(22)5-7-18/h3-8,13H,9-12,14H2,1-2H3. The van der Waals surface area contributed by atoms with Crippen molar-refractivity contribution in [3.05, 3.63) is 53.8 Å². The monoisotopic (exact) mass is 450 g/mol. The summed E-state index contributed by atoms with van der Waals surface area (Å²) in [4.78, 5) is 25.5. The summed E-state index contributed by atoms with van der Waals surface area (Å²) in [5.74, 6) is -0.248. The van der Waals surface area contributed by atoms with Crippen molar-refractivity contribution >= 4 is 21.7 Å². The van der Waals surface area contributed by atoms with Gasteiger partial charge in [0.05, 0.1) is 12.0 Å². The molecule has 31 heavy (non-hydrogen) atoms. The first-order valence-corrected chi connectivity index (χ1v) is 11.0. The lowest BCUT2D eigenvalue weighted by Crippen LogP contribution is -2.51. The van der Waals surface area contributed by atoms with Crippen LogP contribution in [0.3, 0.4) is 0 Å². The highest BCUT2D eigenvalue weighted by molar-refractivity contribution is 7.89. The zero-order valence-corrected chi connectivity index (χ0v) is 18.0. The zero-order valence-electron chi connectivity index (χ0n) is 17.2. The third-order valence-corrected chi connectivity index (χ3v) is 6.88. The SMILES string of the molecule is COc1cc(C(C)=O)ccc1OCC(=O)N1CCN(S(=O)(=O)c2ccc(F)cc2)CC1. The van der Waals surface area contributed by atoms with Gasteiger partial charge in [0.25, 0.3) is 5.91 Å². The van der Waals surface area contributed by atoms with Crippen molar-refractivity contribution in [2.75, 3.05) is 39.9 Å². The highest BCUT2D eigenvalue weighted by atomic mass is 32.2. The van der Waals surface area contributed by atoms with E-state index >= 15 is 0 Å². The van der Waals surface area contributed by atoms with Gasteiger partial charge in [0.1, 0.15) is 5.82 Å². The van der Waals surface area contributed by atoms with E-state index in [0.29, 0.717) is 17.1 Å². The van der Waals surface area contributed by atoms with E-state index < -0.39 is 15.8 Å². The summed E-state index contributed by atoms with van der Waals surface area (Å²) in [5.41, 5.74) is 0.467. The van der Waals surface area contributed by atoms with Gasteiger partial charge in [0, 0.05) is 31.7 Å². The Bertz CT molecular complexity index is 1060. The van der Waals surface area contributed by atoms with Gasteiger partial charge in [-0.2, -0.15) is 4.31 Å². The van der Waals surface area contributed by atoms with Gasteiger partial charge in [0.2, 0.25) is 10.0 Å². The number of methoxy groups -OCH3 is 1. The summed E-state index contributed by atoms with van der Waals surface area (Å²) in [6.45, 7) is 1.87. The molecule has 10 heteroatoms. The number of hydrogen-bond donors (Lipinski definition) is 0. The quantitative estimate of drug-likeness (QED) is 0.599. The summed E-state index contributed by atoms with van der Waals surface area (Å²) >= 11 is 0. The summed E-state index contributed by atoms with van der Waals surface area (Å²) < 4.78 is 50.5. The van der Waals surface area contributed by atoms with E-state index in [1.54, 1.807) is 18.2 Å². The third kappa shape index (κ3) is 5.20. The van der Waals surface area contributed by atoms with Crippen LogP contribution in [0.5, 0.6) is 11.5 Å². The molecular weight excluding hydrogens is 427 g/mol. The van der Waals surface area contributed by atoms with Gasteiger partial charge in [0.15, 0.2) is 23.9 Å². The van der Waals surface area contributed by atoms with E-state index in [9.17, 15) is 22.4 Å². The molecule has 1 fully saturated rings. The molecule has 0 saturated carbocycles. The molecule has 1 aliphatic rings. The van der Waals surface area contributed by atoms with Gasteiger partial charge >= 0.3 is 0 Å². The van der Waals surface area contributed by atoms with Crippen LogP contribution < -0.4 is 9.47 Å². The van der Waals surface area contributed by atoms with Crippen molar-refractivity contribution in [3.8, 4) is 11.5 Å². The number of rotatable bonds is 7. The highest BCUT2D eigenvalue weighted by Crippen LogP contribution is 2.28. The Hall–Kier alpha value is -2.98. The average molecular weight is 450 g/mol. The first-order chi connectivity index (χ1) is 14.7. The van der Waals surface area contributed by atoms with Crippen molar-refractivity contribution < 1.29 is 31.9 Å². The summed E-state index contributed by atoms with van der Waals surface area (Å²) in [7, 11) is -2.31. The number of amides is 1. The predicted octanol–water partition coefficient (Wildman–Crippen LogP) is 1.95. The molecule has 0 atom stereocenters. The Morgan fingerprint density at radius 3 is 2.23 bits per heavy atom. The summed E-state index contributed by atoms with van der Waals surface area (Å²) in [5, 5.41) is 0. The second kappa shape index (κ2) is 9.44. The topological polar surface area (TPSA) is 93.2 Å². The second-order valence-electron chi connectivity index (χ2n) is 6.95. The second-order valence-corrected chi connectivity index (χ2v) is 8.89. The average Bonchev–Trinajstić information content (AvgIpc) is 2.77. The molecule has 1 saturated heterocycles. The fraction of sp³-hybridized carbons (Fsp3) is 0.333. The number of ether oxygens (including phenoxy) is 2. The predicted molar refractivity (Wildman–Crippen MR) is 110 cm³/mol. The smallest absolute Gasteiger partial charge is 0.260 e. The molecule has 1 aliphatic heterocycles. The Kier molecular flexibility index (Phi) is 6.91. The molecular formula is C21H23FN2O6S. The maximum Gasteiger partial charge on any atom is 0.260 e. The maximum atomic E-state index is 13.1. The van der Waals surface area contributed by atoms with Crippen LogP contribution in [0.2, 0.25) is 0 Å². The molecule has 0 unspecified atom stereocenters. The molecule has 0 N–H and O–H groups in total. The Morgan fingerprint density at radius 1 is 1.00 bits per heavy atom. The van der Waals surface area contributed by atoms with Crippen LogP contribution in [0, 0.1) is 5.82 Å². The minimum Gasteiger partial charge on any atom is -0.493 e. The molecule has 0 aliphatic carbocycles. The summed E-state index contributed by atoms with van der Waals surface area (Å²) in [6.07, 6.45) is 0. The largest absolute Gasteiger partial charge is 0.493 e. The minimum atomic E-state index is -3.75. The normalized spacial score (nSPS) is 14.9. The van der Waals surface area contributed by atoms with Crippen molar-refractivity contribution in [2.24, 2.45) is 0 Å². The number of nitrogens with zero attached hydrogens (tertiary/aromatic N) is 2. The highest BCUT2D eigenvalue weighted by Gasteiger charge is 2.30. The van der Waals surface area contributed by atoms with Crippen LogP contribution in [0.15, 0.2) is 47.4 Å². The fourth-order valence-corrected chi connectivity index (χ4v) is 4.59. The van der Waals surface area contributed by atoms with Crippen LogP contribution in [0.4, 0.5) is 4.39 Å². The van der Waals surface area contributed by atoms with Crippen molar-refractivity contribution in [1.29, 1.82) is 0 Å². The van der Waals surface area contributed by atoms with Crippen LogP contribution in [0.1, 0.15) is 17.3 Å². The fourth-order valence-electron chi connectivity index (χ4n) is 3.17. The van der Waals surface area contributed by atoms with Crippen molar-refractivity contribution in [3.63, 3.8) is 0 Å². The molecule has 2 aromatic carbocycles. The lowest BCUT2D eigenvalue weighted by molar-refractivity contribution is -0.134. The molecule has 1 heterocycles. The van der Waals surface area contributed by atoms with Crippen molar-refractivity contribution in [2.45, 2.75) is 11.8 Å². The van der Waals surface area contributed by atoms with E-state index in [2.05, 4.69) is 0 Å². The molecule has 2 aromatic rings. The minimum absolute atomic E-state index is 0.0121. The van der Waals surface area contributed by atoms with E-state index in [-0.39, 0.29) is 49.4 Å². The Balaban J connectivity index is 1.57. The molecule has 1 amide bonds. The van der Waals surface area contributed by atoms with Gasteiger partial charge in [-0.1, -0.05) is 0 Å². The van der Waals surface area contributed by atoms with Crippen molar-refractivity contribution in [1.82, 2.24) is 9.21 Å². The molecule has 8 nitrogen and oxygen atoms in total. The number of piperazine rings is 1. The van der Waals surface area contributed by atoms with Gasteiger partial charge in [-0.25, -0.2) is 12.8 Å². The number of carbonyl (C=O) groups excluding carboxylic acids is 2. The molecule has 0 spiro atoms. The molecule has 0 radical (unpaired) electrons. The number of halogens is 1. The van der Waals surface area contributed by atoms with E-state index in [1.807, 2.05) is 0 Å². The van der Waals surface area contributed by atoms with Gasteiger partial charge < -0.3 is 14.4 Å². The Morgan fingerprint density at radius 2 is 1.65 bits per heavy atom. The number of carbonyl (C=O) groups is 2. The van der Waals surface area contributed by atoms with Gasteiger partial charge in [-0.15, -0.1) is 0 Å².